The molecule has 3 amide bonds. The SMILES string of the molecule is O=C(CNC(=O)[C@@H]1CCCN1C(=O)c1cccs1)Nc1ccccc1. The topological polar surface area (TPSA) is 78.5 Å². The van der Waals surface area contributed by atoms with Gasteiger partial charge in [0.2, 0.25) is 11.8 Å². The number of hydrogen-bond donors (Lipinski definition) is 2. The van der Waals surface area contributed by atoms with Crippen molar-refractivity contribution in [1.29, 1.82) is 0 Å². The van der Waals surface area contributed by atoms with Gasteiger partial charge >= 0.3 is 0 Å². The van der Waals surface area contributed by atoms with Gasteiger partial charge in [0.25, 0.3) is 5.91 Å². The predicted molar refractivity (Wildman–Crippen MR) is 96.5 cm³/mol. The zero-order valence-corrected chi connectivity index (χ0v) is 14.4. The summed E-state index contributed by atoms with van der Waals surface area (Å²) in [6.07, 6.45) is 1.40. The molecule has 7 heteroatoms. The van der Waals surface area contributed by atoms with E-state index in [4.69, 9.17) is 0 Å². The summed E-state index contributed by atoms with van der Waals surface area (Å²) >= 11 is 1.36. The molecule has 130 valence electrons. The van der Waals surface area contributed by atoms with Crippen molar-refractivity contribution in [3.05, 3.63) is 52.7 Å². The van der Waals surface area contributed by atoms with Crippen LogP contribution in [0.15, 0.2) is 47.8 Å². The molecule has 1 fully saturated rings. The zero-order valence-electron chi connectivity index (χ0n) is 13.6. The summed E-state index contributed by atoms with van der Waals surface area (Å²) in [6.45, 7) is 0.441. The fraction of sp³-hybridized carbons (Fsp3) is 0.278. The van der Waals surface area contributed by atoms with Gasteiger partial charge in [-0.15, -0.1) is 11.3 Å². The molecule has 1 aromatic carbocycles. The smallest absolute Gasteiger partial charge is 0.264 e. The summed E-state index contributed by atoms with van der Waals surface area (Å²) in [5, 5.41) is 7.18. The van der Waals surface area contributed by atoms with Crippen LogP contribution in [0.2, 0.25) is 0 Å². The van der Waals surface area contributed by atoms with Crippen LogP contribution in [0.4, 0.5) is 5.69 Å². The van der Waals surface area contributed by atoms with Crippen molar-refractivity contribution >= 4 is 34.7 Å². The van der Waals surface area contributed by atoms with Crippen molar-refractivity contribution < 1.29 is 14.4 Å². The summed E-state index contributed by atoms with van der Waals surface area (Å²) in [7, 11) is 0. The molecule has 0 aliphatic carbocycles. The minimum atomic E-state index is -0.515. The molecule has 0 bridgehead atoms. The summed E-state index contributed by atoms with van der Waals surface area (Å²) in [5.41, 5.74) is 0.678. The molecule has 1 aliphatic heterocycles. The van der Waals surface area contributed by atoms with E-state index >= 15 is 0 Å². The maximum Gasteiger partial charge on any atom is 0.264 e. The average molecular weight is 357 g/mol. The van der Waals surface area contributed by atoms with E-state index in [-0.39, 0.29) is 24.3 Å². The molecular weight excluding hydrogens is 338 g/mol. The molecule has 0 unspecified atom stereocenters. The number of para-hydroxylation sites is 1. The van der Waals surface area contributed by atoms with Crippen molar-refractivity contribution in [2.45, 2.75) is 18.9 Å². The lowest BCUT2D eigenvalue weighted by Crippen LogP contribution is -2.47. The normalized spacial score (nSPS) is 16.5. The third kappa shape index (κ3) is 4.24. The Balaban J connectivity index is 1.53. The van der Waals surface area contributed by atoms with Gasteiger partial charge in [-0.1, -0.05) is 24.3 Å². The number of nitrogens with one attached hydrogen (secondary N) is 2. The Morgan fingerprint density at radius 3 is 2.64 bits per heavy atom. The molecule has 1 saturated heterocycles. The molecule has 1 aliphatic rings. The second-order valence-corrected chi connectivity index (χ2v) is 6.71. The third-order valence-corrected chi connectivity index (χ3v) is 4.89. The number of hydrogen-bond acceptors (Lipinski definition) is 4. The minimum Gasteiger partial charge on any atom is -0.345 e. The summed E-state index contributed by atoms with van der Waals surface area (Å²) in [5.74, 6) is -0.708. The molecule has 25 heavy (non-hydrogen) atoms. The van der Waals surface area contributed by atoms with Crippen molar-refractivity contribution in [2.24, 2.45) is 0 Å². The second-order valence-electron chi connectivity index (χ2n) is 5.77. The van der Waals surface area contributed by atoms with E-state index in [0.29, 0.717) is 23.5 Å². The molecular formula is C18H19N3O3S. The van der Waals surface area contributed by atoms with Crippen molar-refractivity contribution in [1.82, 2.24) is 10.2 Å². The van der Waals surface area contributed by atoms with E-state index in [2.05, 4.69) is 10.6 Å². The molecule has 2 aromatic rings. The number of thiophene rings is 1. The molecule has 1 atom stereocenters. The lowest BCUT2D eigenvalue weighted by molar-refractivity contribution is -0.127. The molecule has 1 aromatic heterocycles. The van der Waals surface area contributed by atoms with Gasteiger partial charge in [-0.05, 0) is 36.4 Å². The van der Waals surface area contributed by atoms with Crippen LogP contribution in [0.5, 0.6) is 0 Å². The van der Waals surface area contributed by atoms with Gasteiger partial charge < -0.3 is 15.5 Å². The van der Waals surface area contributed by atoms with Crippen molar-refractivity contribution in [3.8, 4) is 0 Å². The molecule has 0 spiro atoms. The molecule has 3 rings (SSSR count). The number of nitrogens with zero attached hydrogens (tertiary/aromatic N) is 1. The van der Waals surface area contributed by atoms with E-state index in [0.717, 1.165) is 6.42 Å². The molecule has 2 N–H and O–H groups in total. The second kappa shape index (κ2) is 7.94. The maximum atomic E-state index is 12.5. The van der Waals surface area contributed by atoms with E-state index < -0.39 is 6.04 Å². The summed E-state index contributed by atoms with van der Waals surface area (Å²) in [4.78, 5) is 39.0. The first-order valence-electron chi connectivity index (χ1n) is 8.12. The summed E-state index contributed by atoms with van der Waals surface area (Å²) < 4.78 is 0. The Morgan fingerprint density at radius 1 is 1.12 bits per heavy atom. The van der Waals surface area contributed by atoms with Crippen LogP contribution in [-0.2, 0) is 9.59 Å². The highest BCUT2D eigenvalue weighted by atomic mass is 32.1. The monoisotopic (exact) mass is 357 g/mol. The van der Waals surface area contributed by atoms with Gasteiger partial charge in [-0.2, -0.15) is 0 Å². The van der Waals surface area contributed by atoms with Gasteiger partial charge in [0.05, 0.1) is 11.4 Å². The van der Waals surface area contributed by atoms with E-state index in [9.17, 15) is 14.4 Å². The van der Waals surface area contributed by atoms with Crippen LogP contribution < -0.4 is 10.6 Å². The summed E-state index contributed by atoms with van der Waals surface area (Å²) in [6, 6.07) is 12.1. The highest BCUT2D eigenvalue weighted by Gasteiger charge is 2.34. The van der Waals surface area contributed by atoms with E-state index in [1.165, 1.54) is 11.3 Å². The lowest BCUT2D eigenvalue weighted by Gasteiger charge is -2.23. The van der Waals surface area contributed by atoms with Crippen LogP contribution in [-0.4, -0.2) is 41.8 Å². The van der Waals surface area contributed by atoms with E-state index in [1.807, 2.05) is 29.6 Å². The van der Waals surface area contributed by atoms with Gasteiger partial charge in [0, 0.05) is 12.2 Å². The first-order chi connectivity index (χ1) is 12.1. The van der Waals surface area contributed by atoms with Crippen LogP contribution in [0.3, 0.4) is 0 Å². The van der Waals surface area contributed by atoms with Crippen LogP contribution in [0, 0.1) is 0 Å². The molecule has 2 heterocycles. The quantitative estimate of drug-likeness (QED) is 0.860. The highest BCUT2D eigenvalue weighted by Crippen LogP contribution is 2.22. The fourth-order valence-corrected chi connectivity index (χ4v) is 3.51. The Hall–Kier alpha value is -2.67. The standard InChI is InChI=1S/C18H19N3O3S/c22-16(20-13-6-2-1-3-7-13)12-19-17(23)14-8-4-10-21(14)18(24)15-9-5-11-25-15/h1-3,5-7,9,11,14H,4,8,10,12H2,(H,19,23)(H,20,22)/t14-/m0/s1. The zero-order chi connectivity index (χ0) is 17.6. The largest absolute Gasteiger partial charge is 0.345 e. The number of amides is 3. The first-order valence-corrected chi connectivity index (χ1v) is 9.00. The van der Waals surface area contributed by atoms with Gasteiger partial charge in [0.15, 0.2) is 0 Å². The molecule has 0 saturated carbocycles. The van der Waals surface area contributed by atoms with Gasteiger partial charge in [0.1, 0.15) is 6.04 Å². The highest BCUT2D eigenvalue weighted by molar-refractivity contribution is 7.12. The van der Waals surface area contributed by atoms with Crippen LogP contribution in [0.25, 0.3) is 0 Å². The van der Waals surface area contributed by atoms with Gasteiger partial charge in [-0.3, -0.25) is 14.4 Å². The Labute approximate surface area is 149 Å². The number of rotatable bonds is 5. The van der Waals surface area contributed by atoms with Gasteiger partial charge in [-0.25, -0.2) is 0 Å². The Bertz CT molecular complexity index is 746. The van der Waals surface area contributed by atoms with E-state index in [1.54, 1.807) is 23.1 Å². The minimum absolute atomic E-state index is 0.120. The Morgan fingerprint density at radius 2 is 1.92 bits per heavy atom. The van der Waals surface area contributed by atoms with Crippen LogP contribution in [0.1, 0.15) is 22.5 Å². The van der Waals surface area contributed by atoms with Crippen LogP contribution >= 0.6 is 11.3 Å². The number of anilines is 1. The predicted octanol–water partition coefficient (Wildman–Crippen LogP) is 2.11. The first kappa shape index (κ1) is 17.2. The number of carbonyl (C=O) groups excluding carboxylic acids is 3. The number of benzene rings is 1. The van der Waals surface area contributed by atoms with Crippen molar-refractivity contribution in [3.63, 3.8) is 0 Å². The average Bonchev–Trinajstić information content (AvgIpc) is 3.31. The Kier molecular flexibility index (Phi) is 5.45. The number of carbonyl (C=O) groups is 3. The molecule has 0 radical (unpaired) electrons. The third-order valence-electron chi connectivity index (χ3n) is 4.03. The number of likely N-dealkylation sites (tertiary alicyclic amines) is 1. The maximum absolute atomic E-state index is 12.5. The van der Waals surface area contributed by atoms with Crippen molar-refractivity contribution in [2.75, 3.05) is 18.4 Å². The molecule has 6 nitrogen and oxygen atoms in total. The lowest BCUT2D eigenvalue weighted by atomic mass is 10.2. The fourth-order valence-electron chi connectivity index (χ4n) is 2.84.